The first-order chi connectivity index (χ1) is 17.1. The quantitative estimate of drug-likeness (QED) is 0.282. The van der Waals surface area contributed by atoms with E-state index in [1.165, 1.54) is 0 Å². The Morgan fingerprint density at radius 3 is 2.42 bits per heavy atom. The van der Waals surface area contributed by atoms with Gasteiger partial charge < -0.3 is 14.5 Å². The van der Waals surface area contributed by atoms with E-state index in [1.54, 1.807) is 29.3 Å². The average molecular weight is 527 g/mol. The number of halogens is 3. The molecule has 0 N–H and O–H groups in total. The number of aromatic nitrogens is 2. The highest BCUT2D eigenvalue weighted by molar-refractivity contribution is 6.37. The number of pyridine rings is 2. The summed E-state index contributed by atoms with van der Waals surface area (Å²) in [5, 5.41) is 2.93. The second-order valence-electron chi connectivity index (χ2n) is 9.74. The number of amides is 1. The second kappa shape index (κ2) is 9.37. The summed E-state index contributed by atoms with van der Waals surface area (Å²) in [5.74, 6) is -0.0144. The summed E-state index contributed by atoms with van der Waals surface area (Å²) in [7, 11) is 0. The van der Waals surface area contributed by atoms with Gasteiger partial charge in [-0.3, -0.25) is 4.98 Å². The molecule has 3 heterocycles. The first kappa shape index (κ1) is 24.5. The first-order valence-corrected chi connectivity index (χ1v) is 12.4. The fourth-order valence-corrected chi connectivity index (χ4v) is 4.91. The number of hydrogen-bond acceptors (Lipinski definition) is 5. The van der Waals surface area contributed by atoms with Crippen molar-refractivity contribution in [3.05, 3.63) is 64.5 Å². The Bertz CT molecular complexity index is 1480. The minimum absolute atomic E-state index is 0.140. The molecule has 36 heavy (non-hydrogen) atoms. The van der Waals surface area contributed by atoms with Crippen molar-refractivity contribution >= 4 is 56.8 Å². The van der Waals surface area contributed by atoms with Gasteiger partial charge in [0, 0.05) is 59.8 Å². The SMILES string of the molecule is CC(C)(C)OC(=O)N1CCN(c2cc(Cl)c3cnc(-c4cccc5cccc(Cl)c45)c(F)c3n2)CC1. The van der Waals surface area contributed by atoms with Crippen molar-refractivity contribution in [1.29, 1.82) is 0 Å². The van der Waals surface area contributed by atoms with Crippen molar-refractivity contribution in [3.8, 4) is 11.3 Å². The minimum atomic E-state index is -0.559. The largest absolute Gasteiger partial charge is 0.444 e. The fourth-order valence-electron chi connectivity index (χ4n) is 4.39. The molecule has 1 saturated heterocycles. The van der Waals surface area contributed by atoms with Crippen LogP contribution in [0, 0.1) is 5.82 Å². The lowest BCUT2D eigenvalue weighted by Gasteiger charge is -2.36. The Kier molecular flexibility index (Phi) is 6.39. The van der Waals surface area contributed by atoms with Gasteiger partial charge in [0.15, 0.2) is 5.82 Å². The van der Waals surface area contributed by atoms with E-state index in [4.69, 9.17) is 27.9 Å². The summed E-state index contributed by atoms with van der Waals surface area (Å²) in [6.07, 6.45) is 1.20. The Balaban J connectivity index is 1.49. The molecule has 9 heteroatoms. The highest BCUT2D eigenvalue weighted by Crippen LogP contribution is 2.37. The smallest absolute Gasteiger partial charge is 0.410 e. The molecule has 1 amide bonds. The normalized spacial score (nSPS) is 14.5. The third-order valence-electron chi connectivity index (χ3n) is 6.10. The molecule has 0 unspecified atom stereocenters. The summed E-state index contributed by atoms with van der Waals surface area (Å²) < 4.78 is 21.4. The van der Waals surface area contributed by atoms with E-state index in [9.17, 15) is 4.79 Å². The Labute approximate surface area is 218 Å². The van der Waals surface area contributed by atoms with Crippen LogP contribution in [0.5, 0.6) is 0 Å². The molecule has 2 aromatic heterocycles. The van der Waals surface area contributed by atoms with Gasteiger partial charge in [0.05, 0.1) is 5.02 Å². The number of benzene rings is 2. The Morgan fingerprint density at radius 2 is 1.72 bits per heavy atom. The lowest BCUT2D eigenvalue weighted by atomic mass is 10.0. The summed E-state index contributed by atoms with van der Waals surface area (Å²) in [6, 6.07) is 12.8. The molecule has 1 aliphatic rings. The maximum absolute atomic E-state index is 16.0. The Morgan fingerprint density at radius 1 is 1.03 bits per heavy atom. The van der Waals surface area contributed by atoms with E-state index < -0.39 is 11.4 Å². The maximum Gasteiger partial charge on any atom is 0.410 e. The van der Waals surface area contributed by atoms with Crippen LogP contribution >= 0.6 is 23.2 Å². The molecule has 0 aliphatic carbocycles. The molecule has 6 nitrogen and oxygen atoms in total. The van der Waals surface area contributed by atoms with E-state index in [0.29, 0.717) is 53.0 Å². The van der Waals surface area contributed by atoms with Crippen LogP contribution in [0.4, 0.5) is 15.0 Å². The number of carbonyl (C=O) groups is 1. The number of fused-ring (bicyclic) bond motifs is 2. The van der Waals surface area contributed by atoms with Crippen molar-refractivity contribution in [1.82, 2.24) is 14.9 Å². The van der Waals surface area contributed by atoms with Crippen LogP contribution in [0.2, 0.25) is 10.0 Å². The number of carbonyl (C=O) groups excluding carboxylic acids is 1. The molecule has 4 aromatic rings. The van der Waals surface area contributed by atoms with Crippen molar-refractivity contribution in [3.63, 3.8) is 0 Å². The number of anilines is 1. The lowest BCUT2D eigenvalue weighted by Crippen LogP contribution is -2.50. The summed E-state index contributed by atoms with van der Waals surface area (Å²) in [5.41, 5.74) is 0.337. The van der Waals surface area contributed by atoms with E-state index in [2.05, 4.69) is 9.97 Å². The van der Waals surface area contributed by atoms with Crippen LogP contribution < -0.4 is 4.90 Å². The third-order valence-corrected chi connectivity index (χ3v) is 6.73. The van der Waals surface area contributed by atoms with E-state index in [0.717, 1.165) is 10.8 Å². The van der Waals surface area contributed by atoms with E-state index in [-0.39, 0.29) is 17.3 Å². The highest BCUT2D eigenvalue weighted by Gasteiger charge is 2.27. The van der Waals surface area contributed by atoms with Crippen molar-refractivity contribution < 1.29 is 13.9 Å². The number of piperazine rings is 1. The molecule has 5 rings (SSSR count). The van der Waals surface area contributed by atoms with E-state index >= 15 is 4.39 Å². The fraction of sp³-hybridized carbons (Fsp3) is 0.296. The van der Waals surface area contributed by atoms with Gasteiger partial charge >= 0.3 is 6.09 Å². The molecule has 0 saturated carbocycles. The molecule has 0 radical (unpaired) electrons. The van der Waals surface area contributed by atoms with Gasteiger partial charge in [-0.25, -0.2) is 14.2 Å². The van der Waals surface area contributed by atoms with Crippen LogP contribution in [0.1, 0.15) is 20.8 Å². The van der Waals surface area contributed by atoms with Crippen molar-refractivity contribution in [2.45, 2.75) is 26.4 Å². The molecule has 0 spiro atoms. The molecule has 1 aliphatic heterocycles. The molecule has 0 bridgehead atoms. The zero-order chi connectivity index (χ0) is 25.6. The van der Waals surface area contributed by atoms with Crippen LogP contribution in [0.15, 0.2) is 48.7 Å². The minimum Gasteiger partial charge on any atom is -0.444 e. The third kappa shape index (κ3) is 4.65. The zero-order valence-electron chi connectivity index (χ0n) is 20.2. The molecule has 1 fully saturated rings. The second-order valence-corrected chi connectivity index (χ2v) is 10.6. The zero-order valence-corrected chi connectivity index (χ0v) is 21.7. The number of rotatable bonds is 2. The standard InChI is InChI=1S/C27H25Cl2FN4O2/c1-27(2,3)36-26(35)34-12-10-33(11-13-34)21-14-20(29)18-15-31-24(23(30)25(18)32-21)17-8-4-6-16-7-5-9-19(28)22(16)17/h4-9,14-15H,10-13H2,1-3H3. The monoisotopic (exact) mass is 526 g/mol. The average Bonchev–Trinajstić information content (AvgIpc) is 2.83. The molecule has 186 valence electrons. The van der Waals surface area contributed by atoms with Gasteiger partial charge in [0.2, 0.25) is 0 Å². The number of nitrogens with zero attached hydrogens (tertiary/aromatic N) is 4. The Hall–Kier alpha value is -3.16. The number of hydrogen-bond donors (Lipinski definition) is 0. The van der Waals surface area contributed by atoms with Crippen molar-refractivity contribution in [2.75, 3.05) is 31.1 Å². The highest BCUT2D eigenvalue weighted by atomic mass is 35.5. The van der Waals surface area contributed by atoms with Gasteiger partial charge in [0.25, 0.3) is 0 Å². The van der Waals surface area contributed by atoms with Gasteiger partial charge in [-0.2, -0.15) is 0 Å². The summed E-state index contributed by atoms with van der Waals surface area (Å²) in [6.45, 7) is 7.48. The van der Waals surface area contributed by atoms with Gasteiger partial charge in [-0.05, 0) is 32.2 Å². The molecule has 0 atom stereocenters. The van der Waals surface area contributed by atoms with Gasteiger partial charge in [0.1, 0.15) is 22.6 Å². The van der Waals surface area contributed by atoms with Gasteiger partial charge in [-0.1, -0.05) is 53.5 Å². The summed E-state index contributed by atoms with van der Waals surface area (Å²) in [4.78, 5) is 25.1. The lowest BCUT2D eigenvalue weighted by molar-refractivity contribution is 0.0240. The molecular weight excluding hydrogens is 502 g/mol. The molecular formula is C27H25Cl2FN4O2. The van der Waals surface area contributed by atoms with Crippen LogP contribution in [-0.4, -0.2) is 52.7 Å². The first-order valence-electron chi connectivity index (χ1n) is 11.7. The maximum atomic E-state index is 16.0. The topological polar surface area (TPSA) is 58.6 Å². The van der Waals surface area contributed by atoms with Crippen molar-refractivity contribution in [2.24, 2.45) is 0 Å². The number of ether oxygens (including phenoxy) is 1. The van der Waals surface area contributed by atoms with Crippen LogP contribution in [0.3, 0.4) is 0 Å². The predicted octanol–water partition coefficient (Wildman–Crippen LogP) is 6.95. The van der Waals surface area contributed by atoms with Gasteiger partial charge in [-0.15, -0.1) is 0 Å². The summed E-state index contributed by atoms with van der Waals surface area (Å²) >= 11 is 13.0. The molecule has 2 aromatic carbocycles. The van der Waals surface area contributed by atoms with Crippen LogP contribution in [0.25, 0.3) is 32.9 Å². The van der Waals surface area contributed by atoms with E-state index in [1.807, 2.05) is 49.9 Å². The predicted molar refractivity (Wildman–Crippen MR) is 142 cm³/mol. The van der Waals surface area contributed by atoms with Crippen LogP contribution in [-0.2, 0) is 4.74 Å².